The van der Waals surface area contributed by atoms with Crippen LogP contribution in [-0.4, -0.2) is 10.2 Å². The van der Waals surface area contributed by atoms with Gasteiger partial charge in [-0.3, -0.25) is 4.79 Å². The molecular formula is C14H12FNOS. The van der Waals surface area contributed by atoms with E-state index < -0.39 is 0 Å². The van der Waals surface area contributed by atoms with Gasteiger partial charge in [0.1, 0.15) is 5.82 Å². The van der Waals surface area contributed by atoms with Crippen molar-refractivity contribution in [2.45, 2.75) is 25.7 Å². The lowest BCUT2D eigenvalue weighted by molar-refractivity contribution is 0.102. The number of hydrogen-bond donors (Lipinski definition) is 0. The quantitative estimate of drug-likeness (QED) is 0.781. The molecule has 0 aliphatic heterocycles. The van der Waals surface area contributed by atoms with E-state index in [2.05, 4.69) is 4.37 Å². The molecule has 0 bridgehead atoms. The molecule has 1 aliphatic carbocycles. The molecule has 0 unspecified atom stereocenters. The minimum absolute atomic E-state index is 0.0720. The zero-order chi connectivity index (χ0) is 12.7. The van der Waals surface area contributed by atoms with Crippen LogP contribution in [0.2, 0.25) is 0 Å². The lowest BCUT2D eigenvalue weighted by atomic mass is 10.0. The summed E-state index contributed by atoms with van der Waals surface area (Å²) >= 11 is 1.26. The normalized spacial score (nSPS) is 14.8. The minimum Gasteiger partial charge on any atom is -0.294 e. The number of benzene rings is 1. The molecule has 0 atom stereocenters. The number of halogens is 1. The maximum atomic E-state index is 12.9. The molecule has 92 valence electrons. The average molecular weight is 261 g/mol. The van der Waals surface area contributed by atoms with Crippen LogP contribution in [0, 0.1) is 5.82 Å². The summed E-state index contributed by atoms with van der Waals surface area (Å²) in [4.78, 5) is 12.4. The van der Waals surface area contributed by atoms with Crippen LogP contribution in [0.5, 0.6) is 0 Å². The second-order valence-corrected chi connectivity index (χ2v) is 5.38. The van der Waals surface area contributed by atoms with Crippen molar-refractivity contribution in [1.82, 2.24) is 4.37 Å². The molecule has 0 spiro atoms. The summed E-state index contributed by atoms with van der Waals surface area (Å²) in [5, 5.41) is 0. The molecule has 2 aromatic rings. The fraction of sp³-hybridized carbons (Fsp3) is 0.286. The van der Waals surface area contributed by atoms with Gasteiger partial charge in [0, 0.05) is 18.1 Å². The molecule has 1 aliphatic rings. The smallest absolute Gasteiger partial charge is 0.171 e. The molecule has 0 saturated heterocycles. The third-order valence-corrected chi connectivity index (χ3v) is 4.11. The maximum Gasteiger partial charge on any atom is 0.171 e. The Morgan fingerprint density at radius 1 is 1.33 bits per heavy atom. The van der Waals surface area contributed by atoms with E-state index in [0.717, 1.165) is 34.5 Å². The van der Waals surface area contributed by atoms with Gasteiger partial charge in [-0.05, 0) is 54.6 Å². The Morgan fingerprint density at radius 3 is 2.56 bits per heavy atom. The largest absolute Gasteiger partial charge is 0.294 e. The third kappa shape index (κ3) is 1.97. The van der Waals surface area contributed by atoms with Crippen molar-refractivity contribution in [3.63, 3.8) is 0 Å². The van der Waals surface area contributed by atoms with Gasteiger partial charge in [-0.1, -0.05) is 0 Å². The Hall–Kier alpha value is -1.55. The molecule has 0 N–H and O–H groups in total. The van der Waals surface area contributed by atoms with Gasteiger partial charge in [0.15, 0.2) is 5.78 Å². The zero-order valence-electron chi connectivity index (χ0n) is 9.94. The first-order valence-electron chi connectivity index (χ1n) is 5.93. The summed E-state index contributed by atoms with van der Waals surface area (Å²) in [6.07, 6.45) is 2.24. The first-order valence-corrected chi connectivity index (χ1v) is 6.70. The molecule has 1 aromatic carbocycles. The van der Waals surface area contributed by atoms with Gasteiger partial charge in [0.2, 0.25) is 0 Å². The molecule has 0 amide bonds. The highest BCUT2D eigenvalue weighted by Crippen LogP contribution is 2.47. The topological polar surface area (TPSA) is 30.0 Å². The maximum absolute atomic E-state index is 12.9. The molecule has 1 saturated carbocycles. The molecule has 2 nitrogen and oxygen atoms in total. The number of carbonyl (C=O) groups excluding carboxylic acids is 1. The van der Waals surface area contributed by atoms with E-state index in [4.69, 9.17) is 0 Å². The Bertz CT molecular complexity index is 599. The standard InChI is InChI=1S/C14H12FNOS/c1-8(17)14-12(9-2-3-9)13(16-18-14)10-4-6-11(15)7-5-10/h4-7,9H,2-3H2,1H3. The molecule has 1 fully saturated rings. The summed E-state index contributed by atoms with van der Waals surface area (Å²) in [5.41, 5.74) is 2.81. The molecular weight excluding hydrogens is 249 g/mol. The summed E-state index contributed by atoms with van der Waals surface area (Å²) in [7, 11) is 0. The lowest BCUT2D eigenvalue weighted by Crippen LogP contribution is -1.94. The highest BCUT2D eigenvalue weighted by Gasteiger charge is 2.32. The van der Waals surface area contributed by atoms with E-state index in [9.17, 15) is 9.18 Å². The van der Waals surface area contributed by atoms with E-state index in [1.807, 2.05) is 0 Å². The number of ketones is 1. The fourth-order valence-electron chi connectivity index (χ4n) is 2.12. The summed E-state index contributed by atoms with van der Waals surface area (Å²) < 4.78 is 17.3. The SMILES string of the molecule is CC(=O)c1snc(-c2ccc(F)cc2)c1C1CC1. The van der Waals surface area contributed by atoms with Crippen LogP contribution in [0.15, 0.2) is 24.3 Å². The number of hydrogen-bond acceptors (Lipinski definition) is 3. The first-order chi connectivity index (χ1) is 8.66. The molecule has 1 aromatic heterocycles. The van der Waals surface area contributed by atoms with Gasteiger partial charge in [0.05, 0.1) is 10.6 Å². The third-order valence-electron chi connectivity index (χ3n) is 3.15. The highest BCUT2D eigenvalue weighted by atomic mass is 32.1. The minimum atomic E-state index is -0.256. The summed E-state index contributed by atoms with van der Waals surface area (Å²) in [6.45, 7) is 1.58. The van der Waals surface area contributed by atoms with E-state index in [1.54, 1.807) is 19.1 Å². The van der Waals surface area contributed by atoms with Gasteiger partial charge in [-0.2, -0.15) is 4.37 Å². The fourth-order valence-corrected chi connectivity index (χ4v) is 2.99. The first kappa shape index (κ1) is 11.5. The van der Waals surface area contributed by atoms with Crippen molar-refractivity contribution in [3.8, 4) is 11.3 Å². The lowest BCUT2D eigenvalue weighted by Gasteiger charge is -2.03. The summed E-state index contributed by atoms with van der Waals surface area (Å²) in [5.74, 6) is 0.277. The Kier molecular flexibility index (Phi) is 2.74. The Labute approximate surface area is 109 Å². The van der Waals surface area contributed by atoms with E-state index >= 15 is 0 Å². The van der Waals surface area contributed by atoms with Crippen LogP contribution in [0.4, 0.5) is 4.39 Å². The molecule has 4 heteroatoms. The zero-order valence-corrected chi connectivity index (χ0v) is 10.8. The van der Waals surface area contributed by atoms with Crippen LogP contribution in [0.25, 0.3) is 11.3 Å². The van der Waals surface area contributed by atoms with Crippen LogP contribution >= 0.6 is 11.5 Å². The molecule has 1 heterocycles. The van der Waals surface area contributed by atoms with Crippen LogP contribution in [0.3, 0.4) is 0 Å². The van der Waals surface area contributed by atoms with E-state index in [1.165, 1.54) is 23.7 Å². The number of carbonyl (C=O) groups is 1. The van der Waals surface area contributed by atoms with Gasteiger partial charge in [-0.25, -0.2) is 4.39 Å². The number of nitrogens with zero attached hydrogens (tertiary/aromatic N) is 1. The Balaban J connectivity index is 2.11. The van der Waals surface area contributed by atoms with Crippen LogP contribution < -0.4 is 0 Å². The number of aromatic nitrogens is 1. The van der Waals surface area contributed by atoms with E-state index in [-0.39, 0.29) is 11.6 Å². The molecule has 0 radical (unpaired) electrons. The van der Waals surface area contributed by atoms with Gasteiger partial charge in [0.25, 0.3) is 0 Å². The number of Topliss-reactive ketones (excluding diaryl/α,β-unsaturated/α-hetero) is 1. The highest BCUT2D eigenvalue weighted by molar-refractivity contribution is 7.08. The van der Waals surface area contributed by atoms with Gasteiger partial charge in [-0.15, -0.1) is 0 Å². The number of rotatable bonds is 3. The van der Waals surface area contributed by atoms with Crippen LogP contribution in [-0.2, 0) is 0 Å². The monoisotopic (exact) mass is 261 g/mol. The predicted molar refractivity (Wildman–Crippen MR) is 69.5 cm³/mol. The predicted octanol–water partition coefficient (Wildman–Crippen LogP) is 4.03. The molecule has 18 heavy (non-hydrogen) atoms. The van der Waals surface area contributed by atoms with Crippen LogP contribution in [0.1, 0.15) is 40.9 Å². The van der Waals surface area contributed by atoms with Gasteiger partial charge >= 0.3 is 0 Å². The summed E-state index contributed by atoms with van der Waals surface area (Å²) in [6, 6.07) is 6.30. The second-order valence-electron chi connectivity index (χ2n) is 4.61. The van der Waals surface area contributed by atoms with Crippen molar-refractivity contribution in [1.29, 1.82) is 0 Å². The van der Waals surface area contributed by atoms with E-state index in [0.29, 0.717) is 5.92 Å². The second kappa shape index (κ2) is 4.28. The average Bonchev–Trinajstić information content (AvgIpc) is 3.09. The van der Waals surface area contributed by atoms with Crippen molar-refractivity contribution in [2.24, 2.45) is 0 Å². The molecule has 3 rings (SSSR count). The van der Waals surface area contributed by atoms with Crippen molar-refractivity contribution >= 4 is 17.3 Å². The van der Waals surface area contributed by atoms with Gasteiger partial charge < -0.3 is 0 Å². The van der Waals surface area contributed by atoms with Crippen molar-refractivity contribution < 1.29 is 9.18 Å². The van der Waals surface area contributed by atoms with Crippen molar-refractivity contribution in [2.75, 3.05) is 0 Å². The Morgan fingerprint density at radius 2 is 2.00 bits per heavy atom. The van der Waals surface area contributed by atoms with Crippen molar-refractivity contribution in [3.05, 3.63) is 40.5 Å².